The van der Waals surface area contributed by atoms with Crippen molar-refractivity contribution in [1.29, 1.82) is 5.26 Å². The molecule has 2 fully saturated rings. The smallest absolute Gasteiger partial charge is 0.227 e. The maximum absolute atomic E-state index is 9.44. The molecule has 0 spiro atoms. The van der Waals surface area contributed by atoms with Crippen LogP contribution in [0.15, 0.2) is 43.0 Å². The summed E-state index contributed by atoms with van der Waals surface area (Å²) < 4.78 is 2.06. The number of nitrogens with zero attached hydrogens (tertiary/aromatic N) is 5. The van der Waals surface area contributed by atoms with Crippen molar-refractivity contribution in [2.24, 2.45) is 0 Å². The van der Waals surface area contributed by atoms with Crippen molar-refractivity contribution in [1.82, 2.24) is 30.4 Å². The van der Waals surface area contributed by atoms with E-state index in [9.17, 15) is 5.26 Å². The summed E-state index contributed by atoms with van der Waals surface area (Å²) in [4.78, 5) is 8.97. The molecule has 3 aromatic rings. The third kappa shape index (κ3) is 4.56. The summed E-state index contributed by atoms with van der Waals surface area (Å²) in [6.45, 7) is 3.97. The predicted molar refractivity (Wildman–Crippen MR) is 124 cm³/mol. The average Bonchev–Trinajstić information content (AvgIpc) is 3.53. The maximum Gasteiger partial charge on any atom is 0.227 e. The van der Waals surface area contributed by atoms with E-state index < -0.39 is 0 Å². The summed E-state index contributed by atoms with van der Waals surface area (Å²) >= 11 is 0. The highest BCUT2D eigenvalue weighted by Crippen LogP contribution is 2.26. The highest BCUT2D eigenvalue weighted by molar-refractivity contribution is 5.68. The van der Waals surface area contributed by atoms with Gasteiger partial charge in [0.1, 0.15) is 6.07 Å². The van der Waals surface area contributed by atoms with Gasteiger partial charge in [-0.3, -0.25) is 4.68 Å². The summed E-state index contributed by atoms with van der Waals surface area (Å²) in [5, 5.41) is 27.4. The quantitative estimate of drug-likeness (QED) is 0.473. The number of nitriles is 1. The van der Waals surface area contributed by atoms with Crippen LogP contribution in [-0.2, 0) is 0 Å². The molecule has 0 radical (unpaired) electrons. The van der Waals surface area contributed by atoms with E-state index in [1.807, 2.05) is 36.8 Å². The summed E-state index contributed by atoms with van der Waals surface area (Å²) in [5.74, 6) is 0.512. The second-order valence-corrected chi connectivity index (χ2v) is 8.32. The molecular weight excluding hydrogens is 402 g/mol. The normalized spacial score (nSPS) is 18.9. The van der Waals surface area contributed by atoms with Crippen molar-refractivity contribution >= 4 is 17.3 Å². The van der Waals surface area contributed by atoms with E-state index in [4.69, 9.17) is 0 Å². The molecule has 1 atom stereocenters. The second-order valence-electron chi connectivity index (χ2n) is 8.32. The van der Waals surface area contributed by atoms with Gasteiger partial charge in [-0.15, -0.1) is 0 Å². The fourth-order valence-corrected chi connectivity index (χ4v) is 4.27. The maximum atomic E-state index is 9.44. The number of hydrogen-bond donors (Lipinski definition) is 4. The zero-order valence-corrected chi connectivity index (χ0v) is 17.9. The highest BCUT2D eigenvalue weighted by atomic mass is 15.3. The van der Waals surface area contributed by atoms with E-state index >= 15 is 0 Å². The zero-order valence-electron chi connectivity index (χ0n) is 17.9. The Morgan fingerprint density at radius 2 is 1.81 bits per heavy atom. The molecule has 164 valence electrons. The van der Waals surface area contributed by atoms with Gasteiger partial charge < -0.3 is 21.3 Å². The molecule has 2 aliphatic rings. The number of aromatic nitrogens is 4. The van der Waals surface area contributed by atoms with Crippen LogP contribution in [0, 0.1) is 11.3 Å². The largest absolute Gasteiger partial charge is 0.380 e. The predicted octanol–water partition coefficient (Wildman–Crippen LogP) is 2.65. The highest BCUT2D eigenvalue weighted by Gasteiger charge is 2.17. The number of nitrogens with one attached hydrogen (secondary N) is 4. The summed E-state index contributed by atoms with van der Waals surface area (Å²) in [7, 11) is 0. The average molecular weight is 430 g/mol. The summed E-state index contributed by atoms with van der Waals surface area (Å²) in [5.41, 5.74) is 4.25. The Kier molecular flexibility index (Phi) is 5.96. The van der Waals surface area contributed by atoms with Crippen molar-refractivity contribution in [3.05, 3.63) is 48.5 Å². The molecule has 5 rings (SSSR count). The van der Waals surface area contributed by atoms with E-state index in [1.165, 1.54) is 0 Å². The minimum absolute atomic E-state index is 0.332. The minimum Gasteiger partial charge on any atom is -0.380 e. The monoisotopic (exact) mass is 429 g/mol. The van der Waals surface area contributed by atoms with E-state index in [0.717, 1.165) is 67.9 Å². The molecule has 32 heavy (non-hydrogen) atoms. The molecule has 0 saturated carbocycles. The van der Waals surface area contributed by atoms with Crippen LogP contribution in [0.25, 0.3) is 11.1 Å². The van der Waals surface area contributed by atoms with Gasteiger partial charge in [0.25, 0.3) is 0 Å². The zero-order chi connectivity index (χ0) is 21.8. The van der Waals surface area contributed by atoms with Crippen molar-refractivity contribution in [2.75, 3.05) is 36.8 Å². The van der Waals surface area contributed by atoms with Crippen LogP contribution >= 0.6 is 0 Å². The van der Waals surface area contributed by atoms with Gasteiger partial charge in [-0.25, -0.2) is 9.97 Å². The summed E-state index contributed by atoms with van der Waals surface area (Å²) in [6, 6.07) is 8.67. The van der Waals surface area contributed by atoms with E-state index in [-0.39, 0.29) is 0 Å². The molecule has 0 bridgehead atoms. The van der Waals surface area contributed by atoms with Gasteiger partial charge in [-0.1, -0.05) is 0 Å². The fourth-order valence-electron chi connectivity index (χ4n) is 4.27. The Morgan fingerprint density at radius 3 is 2.56 bits per heavy atom. The molecule has 2 aromatic heterocycles. The number of benzene rings is 1. The lowest BCUT2D eigenvalue weighted by Crippen LogP contribution is -2.29. The van der Waals surface area contributed by atoms with Crippen LogP contribution in [0.3, 0.4) is 0 Å². The Bertz CT molecular complexity index is 1090. The lowest BCUT2D eigenvalue weighted by atomic mass is 10.1. The Hall–Kier alpha value is -3.48. The summed E-state index contributed by atoms with van der Waals surface area (Å²) in [6.07, 6.45) is 10.8. The lowest BCUT2D eigenvalue weighted by Gasteiger charge is -2.22. The molecule has 2 saturated heterocycles. The van der Waals surface area contributed by atoms with Crippen LogP contribution in [0.4, 0.5) is 17.3 Å². The van der Waals surface area contributed by atoms with E-state index in [0.29, 0.717) is 23.6 Å². The SMILES string of the molecule is N#Cc1ccc(Nc2ncc(-c3cnn(C4CCNCC4)c3)cn2)cc1N[C@@H]1CCNC1. The molecule has 9 heteroatoms. The number of piperidine rings is 1. The van der Waals surface area contributed by atoms with Crippen LogP contribution in [-0.4, -0.2) is 52.0 Å². The topological polar surface area (TPSA) is 116 Å². The van der Waals surface area contributed by atoms with Crippen LogP contribution in [0.5, 0.6) is 0 Å². The number of anilines is 3. The third-order valence-corrected chi connectivity index (χ3v) is 6.09. The third-order valence-electron chi connectivity index (χ3n) is 6.09. The van der Waals surface area contributed by atoms with Gasteiger partial charge in [-0.2, -0.15) is 10.4 Å². The van der Waals surface area contributed by atoms with Crippen LogP contribution in [0.1, 0.15) is 30.9 Å². The van der Waals surface area contributed by atoms with Crippen molar-refractivity contribution in [2.45, 2.75) is 31.3 Å². The number of rotatable bonds is 6. The van der Waals surface area contributed by atoms with Gasteiger partial charge in [0.15, 0.2) is 0 Å². The molecule has 0 unspecified atom stereocenters. The first-order valence-corrected chi connectivity index (χ1v) is 11.1. The first-order valence-electron chi connectivity index (χ1n) is 11.1. The Labute approximate surface area is 187 Å². The molecule has 0 aliphatic carbocycles. The molecule has 9 nitrogen and oxygen atoms in total. The van der Waals surface area contributed by atoms with Gasteiger partial charge in [-0.05, 0) is 57.1 Å². The van der Waals surface area contributed by atoms with E-state index in [2.05, 4.69) is 53.3 Å². The second kappa shape index (κ2) is 9.34. The standard InChI is InChI=1S/C23H27N9/c24-10-16-1-2-19(9-22(16)30-20-3-6-26-14-20)31-23-27-11-17(12-28-23)18-13-29-32(15-18)21-4-7-25-8-5-21/h1-2,9,11-13,15,20-21,25-26,30H,3-8,14H2,(H,27,28,31)/t20-/m1/s1. The molecule has 0 amide bonds. The molecule has 4 N–H and O–H groups in total. The first-order chi connectivity index (χ1) is 15.8. The van der Waals surface area contributed by atoms with Crippen molar-refractivity contribution < 1.29 is 0 Å². The lowest BCUT2D eigenvalue weighted by molar-refractivity contribution is 0.343. The molecule has 2 aliphatic heterocycles. The Morgan fingerprint density at radius 1 is 1.00 bits per heavy atom. The van der Waals surface area contributed by atoms with Crippen LogP contribution < -0.4 is 21.3 Å². The van der Waals surface area contributed by atoms with Gasteiger partial charge >= 0.3 is 0 Å². The van der Waals surface area contributed by atoms with Crippen molar-refractivity contribution in [3.8, 4) is 17.2 Å². The number of hydrogen-bond acceptors (Lipinski definition) is 8. The van der Waals surface area contributed by atoms with E-state index in [1.54, 1.807) is 0 Å². The fraction of sp³-hybridized carbons (Fsp3) is 0.391. The van der Waals surface area contributed by atoms with Crippen molar-refractivity contribution in [3.63, 3.8) is 0 Å². The first kappa shape index (κ1) is 20.4. The Balaban J connectivity index is 1.27. The van der Waals surface area contributed by atoms with Crippen LogP contribution in [0.2, 0.25) is 0 Å². The molecule has 4 heterocycles. The van der Waals surface area contributed by atoms with Gasteiger partial charge in [0.2, 0.25) is 5.95 Å². The molecule has 1 aromatic carbocycles. The minimum atomic E-state index is 0.332. The van der Waals surface area contributed by atoms with Gasteiger partial charge in [0.05, 0.1) is 23.5 Å². The van der Waals surface area contributed by atoms with Gasteiger partial charge in [0, 0.05) is 48.0 Å². The molecular formula is C23H27N9.